The number of thioether (sulfide) groups is 1. The van der Waals surface area contributed by atoms with Gasteiger partial charge in [0.05, 0.1) is 5.75 Å². The molecule has 25 heavy (non-hydrogen) atoms. The molecule has 3 aromatic rings. The molecule has 8 heteroatoms. The Labute approximate surface area is 156 Å². The molecule has 1 heterocycles. The van der Waals surface area contributed by atoms with Gasteiger partial charge in [-0.25, -0.2) is 4.39 Å². The lowest BCUT2D eigenvalue weighted by Gasteiger charge is -2.06. The average Bonchev–Trinajstić information content (AvgIpc) is 2.97. The Bertz CT molecular complexity index is 881. The molecule has 0 aliphatic heterocycles. The van der Waals surface area contributed by atoms with E-state index in [4.69, 9.17) is 0 Å². The van der Waals surface area contributed by atoms with E-state index in [1.807, 2.05) is 31.3 Å². The van der Waals surface area contributed by atoms with Crippen LogP contribution in [0.2, 0.25) is 0 Å². The fourth-order valence-electron chi connectivity index (χ4n) is 2.15. The van der Waals surface area contributed by atoms with E-state index in [0.717, 1.165) is 15.7 Å². The molecular formula is C17H14BrFN4OS. The highest BCUT2D eigenvalue weighted by Crippen LogP contribution is 2.23. The molecule has 1 aromatic heterocycles. The number of benzene rings is 2. The number of hydrogen-bond acceptors (Lipinski definition) is 4. The van der Waals surface area contributed by atoms with Crippen LogP contribution >= 0.6 is 27.7 Å². The number of nitrogens with one attached hydrogen (secondary N) is 1. The van der Waals surface area contributed by atoms with Gasteiger partial charge in [-0.05, 0) is 48.5 Å². The summed E-state index contributed by atoms with van der Waals surface area (Å²) in [4.78, 5) is 12.1. The smallest absolute Gasteiger partial charge is 0.234 e. The van der Waals surface area contributed by atoms with E-state index >= 15 is 0 Å². The Hall–Kier alpha value is -2.19. The van der Waals surface area contributed by atoms with E-state index in [1.165, 1.54) is 23.9 Å². The van der Waals surface area contributed by atoms with Gasteiger partial charge in [-0.1, -0.05) is 27.7 Å². The van der Waals surface area contributed by atoms with Crippen LogP contribution in [0.3, 0.4) is 0 Å². The average molecular weight is 421 g/mol. The van der Waals surface area contributed by atoms with Crippen molar-refractivity contribution in [3.05, 3.63) is 58.8 Å². The van der Waals surface area contributed by atoms with Crippen LogP contribution < -0.4 is 5.32 Å². The normalized spacial score (nSPS) is 10.7. The summed E-state index contributed by atoms with van der Waals surface area (Å²) in [6.07, 6.45) is 0. The molecule has 0 unspecified atom stereocenters. The Balaban J connectivity index is 1.62. The van der Waals surface area contributed by atoms with Crippen molar-refractivity contribution >= 4 is 39.3 Å². The van der Waals surface area contributed by atoms with Crippen molar-refractivity contribution in [2.45, 2.75) is 5.16 Å². The Kier molecular flexibility index (Phi) is 5.50. The molecule has 1 N–H and O–H groups in total. The number of carbonyl (C=O) groups is 1. The number of halogens is 2. The van der Waals surface area contributed by atoms with Crippen molar-refractivity contribution in [1.82, 2.24) is 14.8 Å². The summed E-state index contributed by atoms with van der Waals surface area (Å²) in [6, 6.07) is 13.4. The second kappa shape index (κ2) is 7.79. The highest BCUT2D eigenvalue weighted by Gasteiger charge is 2.13. The Morgan fingerprint density at radius 2 is 1.84 bits per heavy atom. The Morgan fingerprint density at radius 3 is 2.52 bits per heavy atom. The van der Waals surface area contributed by atoms with Crippen molar-refractivity contribution in [3.8, 4) is 11.4 Å². The number of anilines is 1. The number of rotatable bonds is 5. The van der Waals surface area contributed by atoms with Crippen LogP contribution in [0.25, 0.3) is 11.4 Å². The quantitative estimate of drug-likeness (QED) is 0.630. The predicted molar refractivity (Wildman–Crippen MR) is 99.9 cm³/mol. The van der Waals surface area contributed by atoms with E-state index in [2.05, 4.69) is 31.4 Å². The third kappa shape index (κ3) is 4.46. The lowest BCUT2D eigenvalue weighted by Crippen LogP contribution is -2.14. The number of hydrogen-bond donors (Lipinski definition) is 1. The molecule has 0 aliphatic rings. The molecule has 0 bridgehead atoms. The second-order valence-corrected chi connectivity index (χ2v) is 7.07. The lowest BCUT2D eigenvalue weighted by atomic mass is 10.2. The first-order valence-electron chi connectivity index (χ1n) is 7.36. The van der Waals surface area contributed by atoms with Gasteiger partial charge >= 0.3 is 0 Å². The van der Waals surface area contributed by atoms with Gasteiger partial charge in [-0.15, -0.1) is 10.2 Å². The maximum Gasteiger partial charge on any atom is 0.234 e. The first-order chi connectivity index (χ1) is 12.0. The Morgan fingerprint density at radius 1 is 1.16 bits per heavy atom. The minimum atomic E-state index is -0.301. The molecule has 0 saturated heterocycles. The molecule has 3 rings (SSSR count). The zero-order chi connectivity index (χ0) is 17.8. The maximum atomic E-state index is 13.0. The molecule has 2 aromatic carbocycles. The van der Waals surface area contributed by atoms with E-state index in [0.29, 0.717) is 11.0 Å². The summed E-state index contributed by atoms with van der Waals surface area (Å²) in [7, 11) is 1.81. The highest BCUT2D eigenvalue weighted by atomic mass is 79.9. The molecule has 0 aliphatic carbocycles. The van der Waals surface area contributed by atoms with Gasteiger partial charge in [0.1, 0.15) is 5.82 Å². The van der Waals surface area contributed by atoms with E-state index in [1.54, 1.807) is 16.7 Å². The van der Waals surface area contributed by atoms with E-state index in [9.17, 15) is 9.18 Å². The van der Waals surface area contributed by atoms with Crippen LogP contribution in [-0.4, -0.2) is 26.4 Å². The van der Waals surface area contributed by atoms with Crippen molar-refractivity contribution in [1.29, 1.82) is 0 Å². The summed E-state index contributed by atoms with van der Waals surface area (Å²) in [6.45, 7) is 0. The number of amides is 1. The van der Waals surface area contributed by atoms with Gasteiger partial charge in [0.25, 0.3) is 0 Å². The summed E-state index contributed by atoms with van der Waals surface area (Å²) in [5.41, 5.74) is 1.50. The SMILES string of the molecule is Cn1c(SCC(=O)Nc2ccc(Br)cc2)nnc1-c1ccc(F)cc1. The zero-order valence-electron chi connectivity index (χ0n) is 13.2. The molecule has 0 radical (unpaired) electrons. The molecule has 128 valence electrons. The van der Waals surface area contributed by atoms with E-state index in [-0.39, 0.29) is 17.5 Å². The third-order valence-corrected chi connectivity index (χ3v) is 4.95. The number of nitrogens with zero attached hydrogens (tertiary/aromatic N) is 3. The van der Waals surface area contributed by atoms with Crippen LogP contribution in [0.1, 0.15) is 0 Å². The largest absolute Gasteiger partial charge is 0.325 e. The fraction of sp³-hybridized carbons (Fsp3) is 0.118. The molecule has 0 saturated carbocycles. The van der Waals surface area contributed by atoms with Crippen molar-refractivity contribution < 1.29 is 9.18 Å². The molecule has 0 atom stereocenters. The number of aromatic nitrogens is 3. The van der Waals surface area contributed by atoms with Gasteiger partial charge in [0.15, 0.2) is 11.0 Å². The first kappa shape index (κ1) is 17.6. The molecule has 1 amide bonds. The van der Waals surface area contributed by atoms with Crippen LogP contribution in [0.15, 0.2) is 58.2 Å². The van der Waals surface area contributed by atoms with Crippen molar-refractivity contribution in [2.75, 3.05) is 11.1 Å². The van der Waals surface area contributed by atoms with E-state index < -0.39 is 0 Å². The highest BCUT2D eigenvalue weighted by molar-refractivity contribution is 9.10. The van der Waals surface area contributed by atoms with Crippen LogP contribution in [0, 0.1) is 5.82 Å². The summed E-state index contributed by atoms with van der Waals surface area (Å²) < 4.78 is 15.8. The topological polar surface area (TPSA) is 59.8 Å². The van der Waals surface area contributed by atoms with Gasteiger partial charge in [0, 0.05) is 22.8 Å². The summed E-state index contributed by atoms with van der Waals surface area (Å²) >= 11 is 4.64. The van der Waals surface area contributed by atoms with Crippen molar-refractivity contribution in [3.63, 3.8) is 0 Å². The summed E-state index contributed by atoms with van der Waals surface area (Å²) in [5.74, 6) is 0.408. The first-order valence-corrected chi connectivity index (χ1v) is 9.14. The second-order valence-electron chi connectivity index (χ2n) is 5.22. The summed E-state index contributed by atoms with van der Waals surface area (Å²) in [5, 5.41) is 11.7. The molecule has 0 spiro atoms. The standard InChI is InChI=1S/C17H14BrFN4OS/c1-23-16(11-2-6-13(19)7-3-11)21-22-17(23)25-10-15(24)20-14-8-4-12(18)5-9-14/h2-9H,10H2,1H3,(H,20,24). The minimum Gasteiger partial charge on any atom is -0.325 e. The fourth-order valence-corrected chi connectivity index (χ4v) is 3.13. The molecule has 5 nitrogen and oxygen atoms in total. The van der Waals surface area contributed by atoms with Gasteiger partial charge < -0.3 is 9.88 Å². The zero-order valence-corrected chi connectivity index (χ0v) is 15.6. The maximum absolute atomic E-state index is 13.0. The van der Waals surface area contributed by atoms with Gasteiger partial charge in [-0.3, -0.25) is 4.79 Å². The van der Waals surface area contributed by atoms with Gasteiger partial charge in [-0.2, -0.15) is 0 Å². The van der Waals surface area contributed by atoms with Crippen LogP contribution in [0.4, 0.5) is 10.1 Å². The molecular weight excluding hydrogens is 407 g/mol. The lowest BCUT2D eigenvalue weighted by molar-refractivity contribution is -0.113. The minimum absolute atomic E-state index is 0.126. The monoisotopic (exact) mass is 420 g/mol. The third-order valence-electron chi connectivity index (χ3n) is 3.40. The number of carbonyl (C=O) groups excluding carboxylic acids is 1. The van der Waals surface area contributed by atoms with Crippen molar-refractivity contribution in [2.24, 2.45) is 7.05 Å². The van der Waals surface area contributed by atoms with Crippen LogP contribution in [0.5, 0.6) is 0 Å². The molecule has 0 fully saturated rings. The van der Waals surface area contributed by atoms with Gasteiger partial charge in [0.2, 0.25) is 5.91 Å². The van der Waals surface area contributed by atoms with Crippen LogP contribution in [-0.2, 0) is 11.8 Å². The predicted octanol–water partition coefficient (Wildman–Crippen LogP) is 4.11.